The number of fused-ring (bicyclic) bond motifs is 1. The first-order valence-electron chi connectivity index (χ1n) is 8.25. The highest BCUT2D eigenvalue weighted by atomic mass is 16.4. The Morgan fingerprint density at radius 1 is 1.24 bits per heavy atom. The normalized spacial score (nSPS) is 13.4. The fourth-order valence-electron chi connectivity index (χ4n) is 3.23. The Kier molecular flexibility index (Phi) is 4.03. The van der Waals surface area contributed by atoms with Crippen LogP contribution in [0.5, 0.6) is 0 Å². The van der Waals surface area contributed by atoms with Gasteiger partial charge in [-0.05, 0) is 29.8 Å². The number of carboxylic acid groups (broad SMARTS) is 1. The summed E-state index contributed by atoms with van der Waals surface area (Å²) in [6.45, 7) is 1.71. The van der Waals surface area contributed by atoms with E-state index in [0.29, 0.717) is 0 Å². The molecule has 126 valence electrons. The number of hydrogen-bond acceptors (Lipinski definition) is 4. The first kappa shape index (κ1) is 15.5. The quantitative estimate of drug-likeness (QED) is 0.765. The van der Waals surface area contributed by atoms with Gasteiger partial charge in [-0.2, -0.15) is 5.10 Å². The Morgan fingerprint density at radius 2 is 2.08 bits per heavy atom. The number of nitrogens with one attached hydrogen (secondary N) is 1. The van der Waals surface area contributed by atoms with Crippen LogP contribution in [0.2, 0.25) is 0 Å². The first-order chi connectivity index (χ1) is 12.2. The number of aliphatic carboxylic acids is 1. The third-order valence-electron chi connectivity index (χ3n) is 4.40. The molecule has 0 amide bonds. The largest absolute Gasteiger partial charge is 0.481 e. The van der Waals surface area contributed by atoms with Crippen LogP contribution in [0.15, 0.2) is 48.8 Å². The average molecular weight is 334 g/mol. The van der Waals surface area contributed by atoms with E-state index in [1.807, 2.05) is 47.3 Å². The molecule has 2 aromatic heterocycles. The molecule has 25 heavy (non-hydrogen) atoms. The highest BCUT2D eigenvalue weighted by Gasteiger charge is 2.22. The van der Waals surface area contributed by atoms with Crippen molar-refractivity contribution in [3.05, 3.63) is 65.6 Å². The molecule has 0 fully saturated rings. The summed E-state index contributed by atoms with van der Waals surface area (Å²) < 4.78 is 1.98. The van der Waals surface area contributed by atoms with Gasteiger partial charge in [0.05, 0.1) is 23.5 Å². The van der Waals surface area contributed by atoms with Crippen LogP contribution in [0, 0.1) is 0 Å². The van der Waals surface area contributed by atoms with E-state index in [4.69, 9.17) is 10.2 Å². The Bertz CT molecular complexity index is 901. The molecule has 2 N–H and O–H groups in total. The van der Waals surface area contributed by atoms with E-state index in [2.05, 4.69) is 10.3 Å². The molecular formula is C19H18N4O2. The fourth-order valence-corrected chi connectivity index (χ4v) is 3.23. The van der Waals surface area contributed by atoms with Crippen LogP contribution in [-0.2, 0) is 24.2 Å². The molecule has 6 nitrogen and oxygen atoms in total. The van der Waals surface area contributed by atoms with Crippen molar-refractivity contribution in [2.24, 2.45) is 0 Å². The number of carbonyl (C=O) groups is 1. The molecule has 0 radical (unpaired) electrons. The predicted molar refractivity (Wildman–Crippen MR) is 93.5 cm³/mol. The second-order valence-electron chi connectivity index (χ2n) is 6.09. The van der Waals surface area contributed by atoms with Gasteiger partial charge in [0.25, 0.3) is 0 Å². The van der Waals surface area contributed by atoms with Crippen LogP contribution in [0.3, 0.4) is 0 Å². The molecule has 3 aromatic rings. The maximum absolute atomic E-state index is 10.8. The van der Waals surface area contributed by atoms with E-state index in [1.54, 1.807) is 6.20 Å². The summed E-state index contributed by atoms with van der Waals surface area (Å²) in [5.41, 5.74) is 6.08. The van der Waals surface area contributed by atoms with Gasteiger partial charge in [-0.1, -0.05) is 12.1 Å². The molecule has 1 aliphatic rings. The third-order valence-corrected chi connectivity index (χ3v) is 4.40. The van der Waals surface area contributed by atoms with Crippen molar-refractivity contribution in [2.75, 3.05) is 6.54 Å². The smallest absolute Gasteiger partial charge is 0.307 e. The van der Waals surface area contributed by atoms with Gasteiger partial charge in [-0.25, -0.2) is 4.68 Å². The van der Waals surface area contributed by atoms with Gasteiger partial charge >= 0.3 is 5.97 Å². The van der Waals surface area contributed by atoms with Crippen molar-refractivity contribution in [3.8, 4) is 16.9 Å². The van der Waals surface area contributed by atoms with E-state index < -0.39 is 5.97 Å². The minimum atomic E-state index is -0.825. The summed E-state index contributed by atoms with van der Waals surface area (Å²) in [6.07, 6.45) is 4.52. The molecule has 3 heterocycles. The van der Waals surface area contributed by atoms with Gasteiger partial charge in [-0.15, -0.1) is 0 Å². The molecule has 0 aliphatic carbocycles. The van der Waals surface area contributed by atoms with Gasteiger partial charge in [0, 0.05) is 43.0 Å². The average Bonchev–Trinajstić information content (AvgIpc) is 3.02. The van der Waals surface area contributed by atoms with Gasteiger partial charge in [0.2, 0.25) is 0 Å². The van der Waals surface area contributed by atoms with Gasteiger partial charge in [0.15, 0.2) is 0 Å². The zero-order chi connectivity index (χ0) is 17.2. The number of aromatic nitrogens is 3. The van der Waals surface area contributed by atoms with Gasteiger partial charge in [0.1, 0.15) is 0 Å². The summed E-state index contributed by atoms with van der Waals surface area (Å²) in [7, 11) is 0. The summed E-state index contributed by atoms with van der Waals surface area (Å²) in [5, 5.41) is 17.2. The molecular weight excluding hydrogens is 316 g/mol. The Labute approximate surface area is 145 Å². The van der Waals surface area contributed by atoms with Crippen LogP contribution in [0.25, 0.3) is 16.9 Å². The zero-order valence-electron chi connectivity index (χ0n) is 13.6. The molecule has 0 spiro atoms. The maximum Gasteiger partial charge on any atom is 0.307 e. The number of carboxylic acids is 1. The van der Waals surface area contributed by atoms with Crippen molar-refractivity contribution >= 4 is 5.97 Å². The lowest BCUT2D eigenvalue weighted by atomic mass is 10.0. The Morgan fingerprint density at radius 3 is 2.80 bits per heavy atom. The third kappa shape index (κ3) is 3.04. The highest BCUT2D eigenvalue weighted by Crippen LogP contribution is 2.29. The fraction of sp³-hybridized carbons (Fsp3) is 0.211. The zero-order valence-corrected chi connectivity index (χ0v) is 13.6. The molecule has 4 rings (SSSR count). The monoisotopic (exact) mass is 334 g/mol. The van der Waals surface area contributed by atoms with Crippen molar-refractivity contribution in [1.29, 1.82) is 0 Å². The lowest BCUT2D eigenvalue weighted by Crippen LogP contribution is -2.24. The summed E-state index contributed by atoms with van der Waals surface area (Å²) >= 11 is 0. The molecule has 1 aromatic carbocycles. The summed E-state index contributed by atoms with van der Waals surface area (Å²) in [5.74, 6) is -0.825. The standard InChI is InChI=1S/C19H18N4O2/c24-18(25)10-13-3-5-15(6-4-13)23-17-7-9-21-12-16(17)19(22-23)14-2-1-8-20-11-14/h1-6,8,11,21H,7,9-10,12H2,(H,24,25). The second-order valence-corrected chi connectivity index (χ2v) is 6.09. The van der Waals surface area contributed by atoms with Crippen molar-refractivity contribution in [3.63, 3.8) is 0 Å². The minimum Gasteiger partial charge on any atom is -0.481 e. The van der Waals surface area contributed by atoms with Crippen LogP contribution in [0.4, 0.5) is 0 Å². The maximum atomic E-state index is 10.8. The van der Waals surface area contributed by atoms with Crippen LogP contribution in [0.1, 0.15) is 16.8 Å². The van der Waals surface area contributed by atoms with Crippen LogP contribution >= 0.6 is 0 Å². The number of hydrogen-bond donors (Lipinski definition) is 2. The highest BCUT2D eigenvalue weighted by molar-refractivity contribution is 5.70. The number of pyridine rings is 1. The Hall–Kier alpha value is -2.99. The van der Waals surface area contributed by atoms with E-state index >= 15 is 0 Å². The molecule has 0 saturated heterocycles. The summed E-state index contributed by atoms with van der Waals surface area (Å²) in [4.78, 5) is 15.1. The summed E-state index contributed by atoms with van der Waals surface area (Å²) in [6, 6.07) is 11.5. The van der Waals surface area contributed by atoms with Gasteiger partial charge in [-0.3, -0.25) is 9.78 Å². The first-order valence-corrected chi connectivity index (χ1v) is 8.25. The number of rotatable bonds is 4. The lowest BCUT2D eigenvalue weighted by molar-refractivity contribution is -0.136. The molecule has 0 atom stereocenters. The van der Waals surface area contributed by atoms with Crippen LogP contribution < -0.4 is 5.32 Å². The van der Waals surface area contributed by atoms with E-state index in [0.717, 1.165) is 42.0 Å². The SMILES string of the molecule is O=C(O)Cc1ccc(-n2nc(-c3cccnc3)c3c2CCNC3)cc1. The Balaban J connectivity index is 1.77. The minimum absolute atomic E-state index is 0.0301. The molecule has 1 aliphatic heterocycles. The topological polar surface area (TPSA) is 80.0 Å². The lowest BCUT2D eigenvalue weighted by Gasteiger charge is -2.15. The molecule has 6 heteroatoms. The second kappa shape index (κ2) is 6.49. The molecule has 0 unspecified atom stereocenters. The predicted octanol–water partition coefficient (Wildman–Crippen LogP) is 2.21. The molecule has 0 bridgehead atoms. The van der Waals surface area contributed by atoms with E-state index in [9.17, 15) is 4.79 Å². The number of nitrogens with zero attached hydrogens (tertiary/aromatic N) is 3. The van der Waals surface area contributed by atoms with Gasteiger partial charge < -0.3 is 10.4 Å². The van der Waals surface area contributed by atoms with E-state index in [1.165, 1.54) is 11.3 Å². The van der Waals surface area contributed by atoms with Crippen molar-refractivity contribution in [1.82, 2.24) is 20.1 Å². The van der Waals surface area contributed by atoms with Crippen molar-refractivity contribution < 1.29 is 9.90 Å². The molecule has 0 saturated carbocycles. The van der Waals surface area contributed by atoms with E-state index in [-0.39, 0.29) is 6.42 Å². The number of benzene rings is 1. The van der Waals surface area contributed by atoms with Crippen LogP contribution in [-0.4, -0.2) is 32.4 Å². The van der Waals surface area contributed by atoms with Crippen molar-refractivity contribution in [2.45, 2.75) is 19.4 Å².